The lowest BCUT2D eigenvalue weighted by Gasteiger charge is -2.11. The van der Waals surface area contributed by atoms with E-state index in [4.69, 9.17) is 0 Å². The van der Waals surface area contributed by atoms with E-state index >= 15 is 0 Å². The van der Waals surface area contributed by atoms with E-state index in [0.29, 0.717) is 0 Å². The van der Waals surface area contributed by atoms with Crippen LogP contribution in [0.4, 0.5) is 22.0 Å². The highest BCUT2D eigenvalue weighted by atomic mass is 19.4. The van der Waals surface area contributed by atoms with Crippen molar-refractivity contribution in [3.63, 3.8) is 0 Å². The van der Waals surface area contributed by atoms with Crippen molar-refractivity contribution in [2.24, 2.45) is 7.05 Å². The summed E-state index contributed by atoms with van der Waals surface area (Å²) in [6.45, 7) is 3.34. The summed E-state index contributed by atoms with van der Waals surface area (Å²) in [6, 6.07) is 1.72. The number of hydrogen-bond donors (Lipinski definition) is 0. The van der Waals surface area contributed by atoms with Gasteiger partial charge in [-0.2, -0.15) is 18.3 Å². The van der Waals surface area contributed by atoms with Crippen molar-refractivity contribution in [3.05, 3.63) is 41.2 Å². The Morgan fingerprint density at radius 3 is 2.19 bits per heavy atom. The molecule has 2 rings (SSSR count). The molecule has 0 aliphatic carbocycles. The minimum atomic E-state index is -4.74. The SMILES string of the molecule is CC(C)c1cc(F)c(-c2cn(C)nc2C(F)(F)F)cc1F. The minimum absolute atomic E-state index is 0.119. The Bertz CT molecular complexity index is 671. The van der Waals surface area contributed by atoms with Crippen LogP contribution in [0.2, 0.25) is 0 Å². The van der Waals surface area contributed by atoms with Crippen LogP contribution < -0.4 is 0 Å². The van der Waals surface area contributed by atoms with Gasteiger partial charge in [-0.15, -0.1) is 0 Å². The molecule has 0 saturated carbocycles. The van der Waals surface area contributed by atoms with Crippen LogP contribution in [0.1, 0.15) is 31.0 Å². The van der Waals surface area contributed by atoms with Crippen molar-refractivity contribution >= 4 is 0 Å². The molecule has 1 aromatic carbocycles. The van der Waals surface area contributed by atoms with Crippen LogP contribution in [0.5, 0.6) is 0 Å². The highest BCUT2D eigenvalue weighted by molar-refractivity contribution is 5.67. The quantitative estimate of drug-likeness (QED) is 0.747. The predicted octanol–water partition coefficient (Wildman–Crippen LogP) is 4.51. The molecular formula is C14H13F5N2. The first-order chi connectivity index (χ1) is 9.61. The zero-order chi connectivity index (χ0) is 15.9. The third kappa shape index (κ3) is 2.91. The molecule has 0 saturated heterocycles. The third-order valence-corrected chi connectivity index (χ3v) is 3.10. The molecule has 0 bridgehead atoms. The zero-order valence-electron chi connectivity index (χ0n) is 11.6. The topological polar surface area (TPSA) is 17.8 Å². The Hall–Kier alpha value is -1.92. The van der Waals surface area contributed by atoms with Crippen molar-refractivity contribution in [1.82, 2.24) is 9.78 Å². The molecule has 1 aromatic heterocycles. The van der Waals surface area contributed by atoms with Gasteiger partial charge in [0, 0.05) is 24.4 Å². The molecule has 0 N–H and O–H groups in total. The van der Waals surface area contributed by atoms with Gasteiger partial charge in [0.2, 0.25) is 0 Å². The first-order valence-electron chi connectivity index (χ1n) is 6.21. The van der Waals surface area contributed by atoms with Gasteiger partial charge >= 0.3 is 6.18 Å². The van der Waals surface area contributed by atoms with Crippen LogP contribution in [-0.2, 0) is 13.2 Å². The van der Waals surface area contributed by atoms with Crippen molar-refractivity contribution in [2.45, 2.75) is 25.9 Å². The molecule has 0 fully saturated rings. The average Bonchev–Trinajstić information content (AvgIpc) is 2.73. The van der Waals surface area contributed by atoms with Crippen LogP contribution in [0.25, 0.3) is 11.1 Å². The van der Waals surface area contributed by atoms with Gasteiger partial charge in [0.15, 0.2) is 5.69 Å². The smallest absolute Gasteiger partial charge is 0.275 e. The fourth-order valence-electron chi connectivity index (χ4n) is 2.11. The van der Waals surface area contributed by atoms with Crippen molar-refractivity contribution in [2.75, 3.05) is 0 Å². The van der Waals surface area contributed by atoms with Crippen molar-refractivity contribution < 1.29 is 22.0 Å². The summed E-state index contributed by atoms with van der Waals surface area (Å²) in [4.78, 5) is 0. The van der Waals surface area contributed by atoms with E-state index in [1.54, 1.807) is 13.8 Å². The molecule has 0 amide bonds. The first kappa shape index (κ1) is 15.5. The fourth-order valence-corrected chi connectivity index (χ4v) is 2.11. The van der Waals surface area contributed by atoms with E-state index in [9.17, 15) is 22.0 Å². The Morgan fingerprint density at radius 1 is 1.05 bits per heavy atom. The van der Waals surface area contributed by atoms with Gasteiger partial charge in [0.1, 0.15) is 11.6 Å². The number of rotatable bonds is 2. The van der Waals surface area contributed by atoms with Gasteiger partial charge < -0.3 is 0 Å². The van der Waals surface area contributed by atoms with E-state index in [0.717, 1.165) is 23.0 Å². The Kier molecular flexibility index (Phi) is 3.78. The largest absolute Gasteiger partial charge is 0.435 e. The molecule has 2 aromatic rings. The third-order valence-electron chi connectivity index (χ3n) is 3.10. The van der Waals surface area contributed by atoms with Gasteiger partial charge in [0.05, 0.1) is 0 Å². The van der Waals surface area contributed by atoms with Crippen LogP contribution in [0, 0.1) is 11.6 Å². The molecule has 7 heteroatoms. The normalized spacial score (nSPS) is 12.2. The van der Waals surface area contributed by atoms with Crippen LogP contribution in [-0.4, -0.2) is 9.78 Å². The molecule has 0 radical (unpaired) electrons. The molecule has 2 nitrogen and oxygen atoms in total. The number of halogens is 5. The van der Waals surface area contributed by atoms with E-state index in [1.807, 2.05) is 0 Å². The van der Waals surface area contributed by atoms with E-state index in [1.165, 1.54) is 7.05 Å². The molecule has 0 spiro atoms. The molecular weight excluding hydrogens is 291 g/mol. The molecule has 1 heterocycles. The number of alkyl halides is 3. The van der Waals surface area contributed by atoms with E-state index in [-0.39, 0.29) is 11.5 Å². The second-order valence-electron chi connectivity index (χ2n) is 5.07. The summed E-state index contributed by atoms with van der Waals surface area (Å²) in [5, 5.41) is 3.29. The highest BCUT2D eigenvalue weighted by Crippen LogP contribution is 2.38. The lowest BCUT2D eigenvalue weighted by Crippen LogP contribution is -2.09. The Labute approximate surface area is 118 Å². The number of aryl methyl sites for hydroxylation is 1. The molecule has 21 heavy (non-hydrogen) atoms. The van der Waals surface area contributed by atoms with Crippen molar-refractivity contribution in [3.8, 4) is 11.1 Å². The second kappa shape index (κ2) is 5.13. The summed E-state index contributed by atoms with van der Waals surface area (Å²) >= 11 is 0. The number of benzene rings is 1. The van der Waals surface area contributed by atoms with Gasteiger partial charge in [-0.25, -0.2) is 8.78 Å². The minimum Gasteiger partial charge on any atom is -0.275 e. The number of aromatic nitrogens is 2. The Balaban J connectivity index is 2.66. The monoisotopic (exact) mass is 304 g/mol. The van der Waals surface area contributed by atoms with Crippen molar-refractivity contribution in [1.29, 1.82) is 0 Å². The number of hydrogen-bond acceptors (Lipinski definition) is 1. The van der Waals surface area contributed by atoms with Crippen LogP contribution in [0.3, 0.4) is 0 Å². The maximum atomic E-state index is 14.1. The second-order valence-corrected chi connectivity index (χ2v) is 5.07. The standard InChI is InChI=1S/C14H13F5N2/c1-7(2)8-4-12(16)9(5-11(8)15)10-6-21(3)20-13(10)14(17,18)19/h4-7H,1-3H3. The average molecular weight is 304 g/mol. The lowest BCUT2D eigenvalue weighted by atomic mass is 9.97. The summed E-state index contributed by atoms with van der Waals surface area (Å²) < 4.78 is 67.6. The van der Waals surface area contributed by atoms with Gasteiger partial charge in [-0.3, -0.25) is 4.68 Å². The van der Waals surface area contributed by atoms with Gasteiger partial charge in [-0.1, -0.05) is 13.8 Å². The maximum Gasteiger partial charge on any atom is 0.435 e. The van der Waals surface area contributed by atoms with Crippen LogP contribution >= 0.6 is 0 Å². The summed E-state index contributed by atoms with van der Waals surface area (Å²) in [7, 11) is 1.29. The first-order valence-corrected chi connectivity index (χ1v) is 6.21. The van der Waals surface area contributed by atoms with E-state index in [2.05, 4.69) is 5.10 Å². The highest BCUT2D eigenvalue weighted by Gasteiger charge is 2.38. The summed E-state index contributed by atoms with van der Waals surface area (Å²) in [5.41, 5.74) is -2.04. The maximum absolute atomic E-state index is 14.1. The lowest BCUT2D eigenvalue weighted by molar-refractivity contribution is -0.140. The Morgan fingerprint density at radius 2 is 1.67 bits per heavy atom. The predicted molar refractivity (Wildman–Crippen MR) is 67.7 cm³/mol. The molecule has 0 aliphatic rings. The molecule has 0 unspecified atom stereocenters. The summed E-state index contributed by atoms with van der Waals surface area (Å²) in [5.74, 6) is -1.92. The fraction of sp³-hybridized carbons (Fsp3) is 0.357. The molecule has 0 atom stereocenters. The number of nitrogens with zero attached hydrogens (tertiary/aromatic N) is 2. The van der Waals surface area contributed by atoms with Gasteiger partial charge in [0.25, 0.3) is 0 Å². The van der Waals surface area contributed by atoms with Gasteiger partial charge in [-0.05, 0) is 23.6 Å². The summed E-state index contributed by atoms with van der Waals surface area (Å²) in [6.07, 6.45) is -3.72. The van der Waals surface area contributed by atoms with Crippen LogP contribution in [0.15, 0.2) is 18.3 Å². The molecule has 0 aliphatic heterocycles. The zero-order valence-corrected chi connectivity index (χ0v) is 11.6. The molecule has 114 valence electrons. The van der Waals surface area contributed by atoms with E-state index < -0.39 is 34.6 Å².